The zero-order chi connectivity index (χ0) is 16.3. The van der Waals surface area contributed by atoms with Gasteiger partial charge in [0.25, 0.3) is 10.0 Å². The molecule has 1 aliphatic heterocycles. The van der Waals surface area contributed by atoms with Gasteiger partial charge in [-0.2, -0.15) is 0 Å². The summed E-state index contributed by atoms with van der Waals surface area (Å²) >= 11 is 0. The summed E-state index contributed by atoms with van der Waals surface area (Å²) in [6, 6.07) is 13.8. The molecule has 0 aromatic heterocycles. The molecular weight excluding hydrogens is 317 g/mol. The number of hydrogen-bond donors (Lipinski definition) is 0. The molecule has 122 valence electrons. The van der Waals surface area contributed by atoms with Gasteiger partial charge in [-0.1, -0.05) is 18.2 Å². The second kappa shape index (κ2) is 6.68. The van der Waals surface area contributed by atoms with Crippen LogP contribution in [0.1, 0.15) is 12.8 Å². The van der Waals surface area contributed by atoms with Crippen LogP contribution in [0.15, 0.2) is 59.5 Å². The molecule has 2 aromatic carbocycles. The Labute approximate surface area is 135 Å². The van der Waals surface area contributed by atoms with Crippen LogP contribution in [0.3, 0.4) is 0 Å². The number of rotatable bonds is 5. The lowest BCUT2D eigenvalue weighted by Crippen LogP contribution is -2.37. The van der Waals surface area contributed by atoms with Crippen molar-refractivity contribution in [3.8, 4) is 0 Å². The van der Waals surface area contributed by atoms with E-state index in [4.69, 9.17) is 4.74 Å². The first-order chi connectivity index (χ1) is 11.1. The van der Waals surface area contributed by atoms with Crippen molar-refractivity contribution in [1.82, 2.24) is 0 Å². The van der Waals surface area contributed by atoms with Gasteiger partial charge in [-0.05, 0) is 49.2 Å². The maximum absolute atomic E-state index is 13.1. The molecule has 0 bridgehead atoms. The lowest BCUT2D eigenvalue weighted by molar-refractivity contribution is 0.118. The summed E-state index contributed by atoms with van der Waals surface area (Å²) < 4.78 is 46.0. The summed E-state index contributed by atoms with van der Waals surface area (Å²) in [6.45, 7) is 0.910. The third kappa shape index (κ3) is 3.54. The van der Waals surface area contributed by atoms with E-state index < -0.39 is 15.8 Å². The molecule has 0 aliphatic carbocycles. The van der Waals surface area contributed by atoms with Gasteiger partial charge >= 0.3 is 0 Å². The number of halogens is 1. The Balaban J connectivity index is 1.97. The third-order valence-electron chi connectivity index (χ3n) is 3.84. The van der Waals surface area contributed by atoms with Crippen LogP contribution in [0.4, 0.5) is 10.1 Å². The second-order valence-electron chi connectivity index (χ2n) is 5.46. The Kier molecular flexibility index (Phi) is 4.63. The number of para-hydroxylation sites is 1. The fourth-order valence-corrected chi connectivity index (χ4v) is 4.14. The highest BCUT2D eigenvalue weighted by molar-refractivity contribution is 7.92. The maximum Gasteiger partial charge on any atom is 0.264 e. The summed E-state index contributed by atoms with van der Waals surface area (Å²) in [5.74, 6) is -0.464. The van der Waals surface area contributed by atoms with E-state index in [1.807, 2.05) is 6.07 Å². The van der Waals surface area contributed by atoms with E-state index in [0.717, 1.165) is 25.0 Å². The van der Waals surface area contributed by atoms with Crippen molar-refractivity contribution >= 4 is 15.7 Å². The molecule has 1 heterocycles. The van der Waals surface area contributed by atoms with Crippen molar-refractivity contribution in [2.75, 3.05) is 17.5 Å². The largest absolute Gasteiger partial charge is 0.376 e. The van der Waals surface area contributed by atoms with E-state index in [-0.39, 0.29) is 17.5 Å². The van der Waals surface area contributed by atoms with Gasteiger partial charge in [-0.25, -0.2) is 12.8 Å². The van der Waals surface area contributed by atoms with Gasteiger partial charge in [0.05, 0.1) is 23.2 Å². The average molecular weight is 335 g/mol. The normalized spacial score (nSPS) is 18.0. The summed E-state index contributed by atoms with van der Waals surface area (Å²) in [7, 11) is -3.77. The highest BCUT2D eigenvalue weighted by Gasteiger charge is 2.29. The van der Waals surface area contributed by atoms with E-state index in [2.05, 4.69) is 0 Å². The lowest BCUT2D eigenvalue weighted by Gasteiger charge is -2.27. The molecule has 2 aromatic rings. The fourth-order valence-electron chi connectivity index (χ4n) is 2.64. The van der Waals surface area contributed by atoms with Crippen molar-refractivity contribution < 1.29 is 17.5 Å². The Hall–Kier alpha value is -1.92. The van der Waals surface area contributed by atoms with Gasteiger partial charge in [0.15, 0.2) is 0 Å². The Morgan fingerprint density at radius 1 is 1.09 bits per heavy atom. The van der Waals surface area contributed by atoms with Crippen LogP contribution in [-0.2, 0) is 14.8 Å². The first-order valence-corrected chi connectivity index (χ1v) is 8.96. The molecule has 0 N–H and O–H groups in total. The number of sulfonamides is 1. The molecule has 0 saturated carbocycles. The summed E-state index contributed by atoms with van der Waals surface area (Å²) in [5, 5.41) is 0. The van der Waals surface area contributed by atoms with Crippen LogP contribution in [0.25, 0.3) is 0 Å². The fraction of sp³-hybridized carbons (Fsp3) is 0.294. The van der Waals surface area contributed by atoms with Crippen LogP contribution in [0.2, 0.25) is 0 Å². The van der Waals surface area contributed by atoms with Crippen LogP contribution in [0, 0.1) is 5.82 Å². The molecule has 1 aliphatic rings. The Morgan fingerprint density at radius 3 is 2.39 bits per heavy atom. The quantitative estimate of drug-likeness (QED) is 0.843. The number of hydrogen-bond acceptors (Lipinski definition) is 3. The van der Waals surface area contributed by atoms with E-state index in [9.17, 15) is 12.8 Å². The van der Waals surface area contributed by atoms with Crippen LogP contribution < -0.4 is 4.31 Å². The van der Waals surface area contributed by atoms with Gasteiger partial charge in [-0.15, -0.1) is 0 Å². The molecule has 0 amide bonds. The molecule has 6 heteroatoms. The SMILES string of the molecule is O=S(=O)(c1ccc(F)cc1)N(CC1CCCO1)c1ccccc1. The first kappa shape index (κ1) is 16.0. The predicted molar refractivity (Wildman–Crippen MR) is 86.3 cm³/mol. The van der Waals surface area contributed by atoms with Crippen molar-refractivity contribution in [3.05, 3.63) is 60.4 Å². The number of benzene rings is 2. The number of anilines is 1. The van der Waals surface area contributed by atoms with Crippen molar-refractivity contribution in [2.45, 2.75) is 23.8 Å². The molecule has 1 saturated heterocycles. The van der Waals surface area contributed by atoms with Crippen molar-refractivity contribution in [1.29, 1.82) is 0 Å². The van der Waals surface area contributed by atoms with Crippen LogP contribution in [-0.4, -0.2) is 27.7 Å². The lowest BCUT2D eigenvalue weighted by atomic mass is 10.2. The second-order valence-corrected chi connectivity index (χ2v) is 7.32. The zero-order valence-corrected chi connectivity index (χ0v) is 13.4. The van der Waals surface area contributed by atoms with Gasteiger partial charge in [0, 0.05) is 6.61 Å². The van der Waals surface area contributed by atoms with Gasteiger partial charge in [0.2, 0.25) is 0 Å². The van der Waals surface area contributed by atoms with Gasteiger partial charge in [0.1, 0.15) is 5.82 Å². The zero-order valence-electron chi connectivity index (χ0n) is 12.6. The van der Waals surface area contributed by atoms with E-state index in [0.29, 0.717) is 12.3 Å². The molecule has 4 nitrogen and oxygen atoms in total. The summed E-state index contributed by atoms with van der Waals surface area (Å²) in [4.78, 5) is 0.0701. The van der Waals surface area contributed by atoms with Gasteiger partial charge < -0.3 is 4.74 Å². The monoisotopic (exact) mass is 335 g/mol. The van der Waals surface area contributed by atoms with Crippen LogP contribution in [0.5, 0.6) is 0 Å². The highest BCUT2D eigenvalue weighted by atomic mass is 32.2. The minimum Gasteiger partial charge on any atom is -0.376 e. The summed E-state index contributed by atoms with van der Waals surface area (Å²) in [5.41, 5.74) is 0.576. The molecule has 3 rings (SSSR count). The number of nitrogens with zero attached hydrogens (tertiary/aromatic N) is 1. The standard InChI is InChI=1S/C17H18FNO3S/c18-14-8-10-17(11-9-14)23(20,21)19(13-16-7-4-12-22-16)15-5-2-1-3-6-15/h1-3,5-6,8-11,16H,4,7,12-13H2. The van der Waals surface area contributed by atoms with Crippen molar-refractivity contribution in [2.24, 2.45) is 0 Å². The van der Waals surface area contributed by atoms with E-state index in [1.165, 1.54) is 16.4 Å². The topological polar surface area (TPSA) is 46.6 Å². The smallest absolute Gasteiger partial charge is 0.264 e. The predicted octanol–water partition coefficient (Wildman–Crippen LogP) is 3.20. The summed E-state index contributed by atoms with van der Waals surface area (Å²) in [6.07, 6.45) is 1.65. The molecule has 23 heavy (non-hydrogen) atoms. The molecule has 1 unspecified atom stereocenters. The molecule has 0 spiro atoms. The minimum atomic E-state index is -3.77. The third-order valence-corrected chi connectivity index (χ3v) is 5.65. The van der Waals surface area contributed by atoms with E-state index >= 15 is 0 Å². The molecule has 1 fully saturated rings. The minimum absolute atomic E-state index is 0.0701. The van der Waals surface area contributed by atoms with E-state index in [1.54, 1.807) is 24.3 Å². The highest BCUT2D eigenvalue weighted by Crippen LogP contribution is 2.26. The molecule has 1 atom stereocenters. The van der Waals surface area contributed by atoms with Crippen molar-refractivity contribution in [3.63, 3.8) is 0 Å². The first-order valence-electron chi connectivity index (χ1n) is 7.52. The van der Waals surface area contributed by atoms with Crippen LogP contribution >= 0.6 is 0 Å². The Morgan fingerprint density at radius 2 is 1.78 bits per heavy atom. The number of ether oxygens (including phenoxy) is 1. The maximum atomic E-state index is 13.1. The average Bonchev–Trinajstić information content (AvgIpc) is 3.07. The Bertz CT molecular complexity index is 741. The van der Waals surface area contributed by atoms with Gasteiger partial charge in [-0.3, -0.25) is 4.31 Å². The molecular formula is C17H18FNO3S. The molecule has 0 radical (unpaired) electrons.